The first-order chi connectivity index (χ1) is 16.6. The number of carbonyl (C=O) groups excluding carboxylic acids is 3. The number of rotatable bonds is 7. The number of benzene rings is 2. The molecule has 0 aliphatic rings. The normalized spacial score (nSPS) is 11.9. The monoisotopic (exact) mass is 550 g/mol. The quantitative estimate of drug-likeness (QED) is 0.262. The zero-order valence-electron chi connectivity index (χ0n) is 17.8. The highest BCUT2D eigenvalue weighted by Crippen LogP contribution is 2.29. The van der Waals surface area contributed by atoms with Gasteiger partial charge in [-0.2, -0.15) is 13.2 Å². The van der Waals surface area contributed by atoms with Crippen LogP contribution < -0.4 is 16.1 Å². The van der Waals surface area contributed by atoms with Crippen LogP contribution in [0.5, 0.6) is 0 Å². The first-order valence-corrected chi connectivity index (χ1v) is 10.8. The summed E-state index contributed by atoms with van der Waals surface area (Å²) >= 11 is 3.21. The van der Waals surface area contributed by atoms with Crippen molar-refractivity contribution in [2.24, 2.45) is 0 Å². The lowest BCUT2D eigenvalue weighted by Gasteiger charge is -2.19. The SMILES string of the molecule is O=C(NO)c1ccc(NC(=O)C(Cc2ccc(C(F)(F)F)cc2)NC(=O)c2cncc(Br)c2)cc1. The van der Waals surface area contributed by atoms with Crippen LogP contribution in [0.3, 0.4) is 0 Å². The zero-order chi connectivity index (χ0) is 25.6. The molecule has 0 bridgehead atoms. The van der Waals surface area contributed by atoms with Gasteiger partial charge in [0.2, 0.25) is 5.91 Å². The Morgan fingerprint density at radius 3 is 2.17 bits per heavy atom. The number of amides is 3. The summed E-state index contributed by atoms with van der Waals surface area (Å²) in [6.07, 6.45) is -1.82. The Balaban J connectivity index is 1.81. The molecule has 0 saturated carbocycles. The second kappa shape index (κ2) is 11.1. The maximum absolute atomic E-state index is 13.0. The van der Waals surface area contributed by atoms with Gasteiger partial charge in [-0.3, -0.25) is 24.6 Å². The van der Waals surface area contributed by atoms with Crippen molar-refractivity contribution in [3.05, 3.63) is 93.7 Å². The molecule has 12 heteroatoms. The minimum atomic E-state index is -4.50. The summed E-state index contributed by atoms with van der Waals surface area (Å²) in [6.45, 7) is 0. The van der Waals surface area contributed by atoms with E-state index in [4.69, 9.17) is 5.21 Å². The number of hydroxylamine groups is 1. The van der Waals surface area contributed by atoms with E-state index in [0.717, 1.165) is 12.1 Å². The standard InChI is InChI=1S/C23H18BrF3N4O4/c24-17-10-15(11-28-12-17)20(32)30-19(9-13-1-5-16(6-2-13)23(25,26)27)22(34)29-18-7-3-14(4-8-18)21(33)31-35/h1-8,10-12,19,35H,9H2,(H,29,34)(H,30,32)(H,31,33). The third-order valence-corrected chi connectivity index (χ3v) is 5.26. The second-order valence-electron chi connectivity index (χ2n) is 7.32. The van der Waals surface area contributed by atoms with Crippen molar-refractivity contribution in [2.45, 2.75) is 18.6 Å². The molecule has 4 N–H and O–H groups in total. The van der Waals surface area contributed by atoms with E-state index in [2.05, 4.69) is 31.5 Å². The van der Waals surface area contributed by atoms with E-state index in [9.17, 15) is 27.6 Å². The third kappa shape index (κ3) is 7.11. The zero-order valence-corrected chi connectivity index (χ0v) is 19.4. The lowest BCUT2D eigenvalue weighted by atomic mass is 10.0. The van der Waals surface area contributed by atoms with Crippen molar-refractivity contribution in [3.63, 3.8) is 0 Å². The van der Waals surface area contributed by atoms with Crippen LogP contribution in [0.2, 0.25) is 0 Å². The van der Waals surface area contributed by atoms with E-state index in [-0.39, 0.29) is 17.5 Å². The Labute approximate surface area is 205 Å². The molecular formula is C23H18BrF3N4O4. The fourth-order valence-corrected chi connectivity index (χ4v) is 3.42. The molecule has 0 radical (unpaired) electrons. The molecule has 0 saturated heterocycles. The van der Waals surface area contributed by atoms with Gasteiger partial charge < -0.3 is 10.6 Å². The van der Waals surface area contributed by atoms with Gasteiger partial charge in [-0.1, -0.05) is 12.1 Å². The van der Waals surface area contributed by atoms with E-state index >= 15 is 0 Å². The smallest absolute Gasteiger partial charge is 0.340 e. The topological polar surface area (TPSA) is 120 Å². The maximum Gasteiger partial charge on any atom is 0.416 e. The summed E-state index contributed by atoms with van der Waals surface area (Å²) in [5.74, 6) is -1.99. The Kier molecular flexibility index (Phi) is 8.20. The van der Waals surface area contributed by atoms with Crippen LogP contribution in [0, 0.1) is 0 Å². The number of aromatic nitrogens is 1. The highest BCUT2D eigenvalue weighted by atomic mass is 79.9. The largest absolute Gasteiger partial charge is 0.416 e. The first kappa shape index (κ1) is 25.8. The fraction of sp³-hybridized carbons (Fsp3) is 0.130. The Morgan fingerprint density at radius 2 is 1.60 bits per heavy atom. The molecule has 1 unspecified atom stereocenters. The summed E-state index contributed by atoms with van der Waals surface area (Å²) < 4.78 is 39.2. The number of hydrogen-bond acceptors (Lipinski definition) is 5. The predicted octanol–water partition coefficient (Wildman–Crippen LogP) is 3.96. The number of nitrogens with zero attached hydrogens (tertiary/aromatic N) is 1. The number of hydrogen-bond donors (Lipinski definition) is 4. The third-order valence-electron chi connectivity index (χ3n) is 4.83. The van der Waals surface area contributed by atoms with E-state index in [1.54, 1.807) is 0 Å². The van der Waals surface area contributed by atoms with Crippen molar-refractivity contribution in [1.82, 2.24) is 15.8 Å². The molecule has 8 nitrogen and oxygen atoms in total. The summed E-state index contributed by atoms with van der Waals surface area (Å²) in [4.78, 5) is 41.1. The average molecular weight is 551 g/mol. The van der Waals surface area contributed by atoms with E-state index < -0.39 is 35.5 Å². The van der Waals surface area contributed by atoms with Crippen molar-refractivity contribution in [3.8, 4) is 0 Å². The highest BCUT2D eigenvalue weighted by molar-refractivity contribution is 9.10. The molecule has 182 valence electrons. The molecule has 1 heterocycles. The molecule has 1 aromatic heterocycles. The van der Waals surface area contributed by atoms with E-state index in [1.165, 1.54) is 60.3 Å². The van der Waals surface area contributed by atoms with Gasteiger partial charge >= 0.3 is 6.18 Å². The molecule has 2 aromatic carbocycles. The van der Waals surface area contributed by atoms with Gasteiger partial charge in [0.1, 0.15) is 6.04 Å². The molecule has 3 amide bonds. The van der Waals surface area contributed by atoms with Gasteiger partial charge in [0, 0.05) is 34.5 Å². The molecule has 0 spiro atoms. The minimum Gasteiger partial charge on any atom is -0.340 e. The maximum atomic E-state index is 13.0. The highest BCUT2D eigenvalue weighted by Gasteiger charge is 2.30. The number of nitrogens with one attached hydrogen (secondary N) is 3. The number of alkyl halides is 3. The molecule has 0 fully saturated rings. The van der Waals surface area contributed by atoms with Gasteiger partial charge in [0.05, 0.1) is 11.1 Å². The van der Waals surface area contributed by atoms with Crippen LogP contribution in [0.1, 0.15) is 31.8 Å². The van der Waals surface area contributed by atoms with Crippen LogP contribution in [0.4, 0.5) is 18.9 Å². The number of pyridine rings is 1. The van der Waals surface area contributed by atoms with Crippen LogP contribution in [-0.4, -0.2) is 34.0 Å². The van der Waals surface area contributed by atoms with Crippen LogP contribution in [-0.2, 0) is 17.4 Å². The van der Waals surface area contributed by atoms with Crippen LogP contribution in [0.25, 0.3) is 0 Å². The lowest BCUT2D eigenvalue weighted by Crippen LogP contribution is -2.45. The van der Waals surface area contributed by atoms with Gasteiger partial charge in [0.25, 0.3) is 11.8 Å². The van der Waals surface area contributed by atoms with Gasteiger partial charge in [0.15, 0.2) is 0 Å². The summed E-state index contributed by atoms with van der Waals surface area (Å²) in [6, 6.07) is 10.2. The van der Waals surface area contributed by atoms with Gasteiger partial charge in [-0.15, -0.1) is 0 Å². The van der Waals surface area contributed by atoms with E-state index in [1.807, 2.05) is 0 Å². The van der Waals surface area contributed by atoms with Crippen molar-refractivity contribution >= 4 is 39.3 Å². The summed E-state index contributed by atoms with van der Waals surface area (Å²) in [5.41, 5.74) is 1.65. The predicted molar refractivity (Wildman–Crippen MR) is 123 cm³/mol. The Bertz CT molecular complexity index is 1220. The number of anilines is 1. The van der Waals surface area contributed by atoms with Crippen LogP contribution in [0.15, 0.2) is 71.5 Å². The summed E-state index contributed by atoms with van der Waals surface area (Å²) in [7, 11) is 0. The van der Waals surface area contributed by atoms with Crippen molar-refractivity contribution in [1.29, 1.82) is 0 Å². The molecule has 35 heavy (non-hydrogen) atoms. The number of halogens is 4. The molecule has 0 aliphatic carbocycles. The molecule has 1 atom stereocenters. The molecule has 0 aliphatic heterocycles. The van der Waals surface area contributed by atoms with Crippen molar-refractivity contribution < 1.29 is 32.8 Å². The molecular weight excluding hydrogens is 533 g/mol. The summed E-state index contributed by atoms with van der Waals surface area (Å²) in [5, 5.41) is 13.9. The second-order valence-corrected chi connectivity index (χ2v) is 8.24. The average Bonchev–Trinajstić information content (AvgIpc) is 2.83. The van der Waals surface area contributed by atoms with Gasteiger partial charge in [-0.25, -0.2) is 5.48 Å². The van der Waals surface area contributed by atoms with E-state index in [0.29, 0.717) is 15.7 Å². The first-order valence-electron chi connectivity index (χ1n) is 9.99. The minimum absolute atomic E-state index is 0.0951. The Hall–Kier alpha value is -3.77. The van der Waals surface area contributed by atoms with Crippen molar-refractivity contribution in [2.75, 3.05) is 5.32 Å². The lowest BCUT2D eigenvalue weighted by molar-refractivity contribution is -0.137. The van der Waals surface area contributed by atoms with Gasteiger partial charge in [-0.05, 0) is 64.0 Å². The van der Waals surface area contributed by atoms with Crippen LogP contribution >= 0.6 is 15.9 Å². The Morgan fingerprint density at radius 1 is 0.943 bits per heavy atom. The molecule has 3 aromatic rings. The number of carbonyl (C=O) groups is 3. The fourth-order valence-electron chi connectivity index (χ4n) is 3.05. The molecule has 3 rings (SSSR count).